The van der Waals surface area contributed by atoms with E-state index in [1.165, 1.54) is 6.07 Å². The van der Waals surface area contributed by atoms with Gasteiger partial charge in [-0.15, -0.1) is 0 Å². The van der Waals surface area contributed by atoms with Crippen LogP contribution in [-0.4, -0.2) is 18.6 Å². The number of rotatable bonds is 6. The molecule has 0 fully saturated rings. The molecule has 5 heteroatoms. The Morgan fingerprint density at radius 2 is 2.05 bits per heavy atom. The van der Waals surface area contributed by atoms with Crippen LogP contribution >= 0.6 is 0 Å². The van der Waals surface area contributed by atoms with Crippen molar-refractivity contribution in [2.75, 3.05) is 13.7 Å². The number of pyridine rings is 1. The summed E-state index contributed by atoms with van der Waals surface area (Å²) < 4.78 is 31.9. The van der Waals surface area contributed by atoms with Gasteiger partial charge in [0.05, 0.1) is 13.2 Å². The highest BCUT2D eigenvalue weighted by atomic mass is 19.2. The largest absolute Gasteiger partial charge is 0.495 e. The summed E-state index contributed by atoms with van der Waals surface area (Å²) in [5, 5.41) is 3.29. The number of aromatic nitrogens is 1. The highest BCUT2D eigenvalue weighted by Crippen LogP contribution is 2.28. The van der Waals surface area contributed by atoms with E-state index in [2.05, 4.69) is 10.3 Å². The molecule has 0 aliphatic heterocycles. The van der Waals surface area contributed by atoms with Gasteiger partial charge in [0.15, 0.2) is 11.6 Å². The molecule has 2 aromatic rings. The molecule has 0 spiro atoms. The van der Waals surface area contributed by atoms with E-state index in [9.17, 15) is 8.78 Å². The lowest BCUT2D eigenvalue weighted by atomic mass is 10.0. The van der Waals surface area contributed by atoms with Crippen LogP contribution in [0.1, 0.15) is 30.6 Å². The van der Waals surface area contributed by atoms with E-state index in [0.717, 1.165) is 19.0 Å². The third-order valence-electron chi connectivity index (χ3n) is 3.17. The van der Waals surface area contributed by atoms with Crippen LogP contribution in [0.25, 0.3) is 0 Å². The molecule has 0 bridgehead atoms. The van der Waals surface area contributed by atoms with Crippen molar-refractivity contribution in [1.29, 1.82) is 0 Å². The summed E-state index contributed by atoms with van der Waals surface area (Å²) in [4.78, 5) is 4.33. The Balaban J connectivity index is 2.44. The van der Waals surface area contributed by atoms with Crippen molar-refractivity contribution >= 4 is 0 Å². The number of methoxy groups -OCH3 is 1. The molecule has 1 heterocycles. The average Bonchev–Trinajstić information content (AvgIpc) is 2.51. The summed E-state index contributed by atoms with van der Waals surface area (Å²) in [6, 6.07) is 7.08. The van der Waals surface area contributed by atoms with Gasteiger partial charge >= 0.3 is 0 Å². The van der Waals surface area contributed by atoms with Crippen molar-refractivity contribution in [3.63, 3.8) is 0 Å². The first-order chi connectivity index (χ1) is 10.2. The van der Waals surface area contributed by atoms with E-state index in [0.29, 0.717) is 17.0 Å². The first-order valence-corrected chi connectivity index (χ1v) is 6.84. The molecule has 1 N–H and O–H groups in total. The topological polar surface area (TPSA) is 34.2 Å². The van der Waals surface area contributed by atoms with E-state index in [4.69, 9.17) is 4.74 Å². The number of ether oxygens (including phenoxy) is 1. The molecule has 1 atom stereocenters. The second-order valence-corrected chi connectivity index (χ2v) is 4.65. The van der Waals surface area contributed by atoms with Crippen LogP contribution in [0.3, 0.4) is 0 Å². The molecule has 1 aromatic heterocycles. The Morgan fingerprint density at radius 3 is 2.71 bits per heavy atom. The van der Waals surface area contributed by atoms with Crippen molar-refractivity contribution < 1.29 is 13.5 Å². The minimum Gasteiger partial charge on any atom is -0.495 e. The molecule has 1 unspecified atom stereocenters. The van der Waals surface area contributed by atoms with E-state index in [1.54, 1.807) is 31.5 Å². The summed E-state index contributed by atoms with van der Waals surface area (Å²) in [7, 11) is 1.56. The molecule has 0 aliphatic rings. The summed E-state index contributed by atoms with van der Waals surface area (Å²) in [6.45, 7) is 2.76. The van der Waals surface area contributed by atoms with Gasteiger partial charge in [0.25, 0.3) is 0 Å². The van der Waals surface area contributed by atoms with E-state index >= 15 is 0 Å². The predicted molar refractivity (Wildman–Crippen MR) is 77.3 cm³/mol. The van der Waals surface area contributed by atoms with Crippen LogP contribution in [0.5, 0.6) is 5.75 Å². The van der Waals surface area contributed by atoms with Crippen LogP contribution in [0, 0.1) is 11.6 Å². The molecule has 0 amide bonds. The third-order valence-corrected chi connectivity index (χ3v) is 3.17. The number of benzene rings is 1. The maximum Gasteiger partial charge on any atom is 0.159 e. The number of hydrogen-bond donors (Lipinski definition) is 1. The Kier molecular flexibility index (Phi) is 5.22. The monoisotopic (exact) mass is 292 g/mol. The quantitative estimate of drug-likeness (QED) is 0.885. The molecule has 0 aliphatic carbocycles. The van der Waals surface area contributed by atoms with Crippen LogP contribution < -0.4 is 10.1 Å². The second kappa shape index (κ2) is 7.13. The lowest BCUT2D eigenvalue weighted by Crippen LogP contribution is -2.24. The minimum atomic E-state index is -0.870. The van der Waals surface area contributed by atoms with Gasteiger partial charge in [-0.1, -0.05) is 13.0 Å². The molecule has 1 aromatic carbocycles. The van der Waals surface area contributed by atoms with E-state index < -0.39 is 11.6 Å². The Labute approximate surface area is 123 Å². The SMILES string of the molecule is CCCNC(c1ccc(F)c(F)c1)c1ncccc1OC. The summed E-state index contributed by atoms with van der Waals surface area (Å²) >= 11 is 0. The predicted octanol–water partition coefficient (Wildman–Crippen LogP) is 3.46. The van der Waals surface area contributed by atoms with Crippen LogP contribution in [0.4, 0.5) is 8.78 Å². The third kappa shape index (κ3) is 3.55. The fourth-order valence-corrected chi connectivity index (χ4v) is 2.15. The van der Waals surface area contributed by atoms with Gasteiger partial charge in [0.2, 0.25) is 0 Å². The molecule has 3 nitrogen and oxygen atoms in total. The fraction of sp³-hybridized carbons (Fsp3) is 0.312. The zero-order valence-corrected chi connectivity index (χ0v) is 12.1. The van der Waals surface area contributed by atoms with Crippen molar-refractivity contribution in [2.45, 2.75) is 19.4 Å². The highest BCUT2D eigenvalue weighted by molar-refractivity contribution is 5.37. The molecule has 0 saturated heterocycles. The molecule has 2 rings (SSSR count). The highest BCUT2D eigenvalue weighted by Gasteiger charge is 2.20. The van der Waals surface area contributed by atoms with Crippen LogP contribution in [0.2, 0.25) is 0 Å². The normalized spacial score (nSPS) is 12.2. The summed E-state index contributed by atoms with van der Waals surface area (Å²) in [5.74, 6) is -1.12. The zero-order chi connectivity index (χ0) is 15.2. The Bertz CT molecular complexity index is 605. The van der Waals surface area contributed by atoms with Gasteiger partial charge in [-0.2, -0.15) is 0 Å². The summed E-state index contributed by atoms with van der Waals surface area (Å²) in [6.07, 6.45) is 2.56. The molecule has 21 heavy (non-hydrogen) atoms. The van der Waals surface area contributed by atoms with Crippen LogP contribution in [0.15, 0.2) is 36.5 Å². The van der Waals surface area contributed by atoms with Gasteiger partial charge in [-0.25, -0.2) is 8.78 Å². The number of hydrogen-bond acceptors (Lipinski definition) is 3. The summed E-state index contributed by atoms with van der Waals surface area (Å²) in [5.41, 5.74) is 1.26. The van der Waals surface area contributed by atoms with Crippen LogP contribution in [-0.2, 0) is 0 Å². The van der Waals surface area contributed by atoms with Gasteiger partial charge in [0.1, 0.15) is 11.4 Å². The zero-order valence-electron chi connectivity index (χ0n) is 12.1. The first-order valence-electron chi connectivity index (χ1n) is 6.84. The van der Waals surface area contributed by atoms with E-state index in [1.807, 2.05) is 6.92 Å². The van der Waals surface area contributed by atoms with Gasteiger partial charge in [-0.3, -0.25) is 4.98 Å². The first kappa shape index (κ1) is 15.4. The smallest absolute Gasteiger partial charge is 0.159 e. The molecule has 0 saturated carbocycles. The fourth-order valence-electron chi connectivity index (χ4n) is 2.15. The van der Waals surface area contributed by atoms with Crippen molar-refractivity contribution in [1.82, 2.24) is 10.3 Å². The van der Waals surface area contributed by atoms with Gasteiger partial charge in [0, 0.05) is 6.20 Å². The van der Waals surface area contributed by atoms with Gasteiger partial charge in [-0.05, 0) is 42.8 Å². The lowest BCUT2D eigenvalue weighted by Gasteiger charge is -2.20. The lowest BCUT2D eigenvalue weighted by molar-refractivity contribution is 0.399. The number of nitrogens with zero attached hydrogens (tertiary/aromatic N) is 1. The second-order valence-electron chi connectivity index (χ2n) is 4.65. The van der Waals surface area contributed by atoms with Gasteiger partial charge < -0.3 is 10.1 Å². The number of halogens is 2. The minimum absolute atomic E-state index is 0.351. The average molecular weight is 292 g/mol. The van der Waals surface area contributed by atoms with E-state index in [-0.39, 0.29) is 6.04 Å². The number of nitrogens with one attached hydrogen (secondary N) is 1. The van der Waals surface area contributed by atoms with Crippen molar-refractivity contribution in [3.05, 3.63) is 59.4 Å². The van der Waals surface area contributed by atoms with Crippen molar-refractivity contribution in [3.8, 4) is 5.75 Å². The maximum absolute atomic E-state index is 13.5. The molecule has 0 radical (unpaired) electrons. The standard InChI is InChI=1S/C16H18F2N2O/c1-3-8-19-15(11-6-7-12(17)13(18)10-11)16-14(21-2)5-4-9-20-16/h4-7,9-10,15,19H,3,8H2,1-2H3. The molecular weight excluding hydrogens is 274 g/mol. The Morgan fingerprint density at radius 1 is 1.24 bits per heavy atom. The Hall–Kier alpha value is -2.01. The molecular formula is C16H18F2N2O. The molecule has 112 valence electrons. The van der Waals surface area contributed by atoms with Crippen molar-refractivity contribution in [2.24, 2.45) is 0 Å². The maximum atomic E-state index is 13.5.